The Morgan fingerprint density at radius 2 is 1.85 bits per heavy atom. The van der Waals surface area contributed by atoms with E-state index in [0.717, 1.165) is 11.1 Å². The normalized spacial score (nSPS) is 14.5. The zero-order chi connectivity index (χ0) is 18.1. The minimum absolute atomic E-state index is 0.0999. The first-order valence-electron chi connectivity index (χ1n) is 7.86. The summed E-state index contributed by atoms with van der Waals surface area (Å²) < 4.78 is 0. The van der Waals surface area contributed by atoms with E-state index in [9.17, 15) is 9.90 Å². The van der Waals surface area contributed by atoms with Gasteiger partial charge in [-0.15, -0.1) is 0 Å². The molecule has 4 rings (SSSR count). The maximum Gasteiger partial charge on any atom is 0.231 e. The number of aromatic nitrogens is 1. The second-order valence-electron chi connectivity index (χ2n) is 5.65. The lowest BCUT2D eigenvalue weighted by atomic mass is 9.91. The number of aromatic hydroxyl groups is 1. The summed E-state index contributed by atoms with van der Waals surface area (Å²) in [6.45, 7) is 0. The number of thiazole rings is 1. The largest absolute Gasteiger partial charge is 0.492 e. The van der Waals surface area contributed by atoms with Crippen LogP contribution in [0.25, 0.3) is 17.7 Å². The number of hydrogen-bond donors (Lipinski definition) is 2. The predicted octanol–water partition coefficient (Wildman–Crippen LogP) is 5.38. The quantitative estimate of drug-likeness (QED) is 0.598. The standard InChI is InChI=1S/C20H13ClN2O2S/c21-15-7-3-4-8-16(15)22-20-23-19(25)18(26-20)11-14-13-6-2-1-5-12(13)9-10-17(14)24/h1-11,25H,(H,22,23)/b14-11+. The number of nitrogens with one attached hydrogen (secondary N) is 1. The molecule has 128 valence electrons. The molecular weight excluding hydrogens is 368 g/mol. The van der Waals surface area contributed by atoms with Crippen molar-refractivity contribution in [3.05, 3.63) is 75.6 Å². The number of hydrogen-bond acceptors (Lipinski definition) is 5. The second kappa shape index (κ2) is 6.78. The van der Waals surface area contributed by atoms with Gasteiger partial charge in [-0.05, 0) is 35.4 Å². The molecule has 2 N–H and O–H groups in total. The van der Waals surface area contributed by atoms with Gasteiger partial charge in [0.25, 0.3) is 0 Å². The van der Waals surface area contributed by atoms with Crippen LogP contribution < -0.4 is 5.32 Å². The highest BCUT2D eigenvalue weighted by molar-refractivity contribution is 7.16. The summed E-state index contributed by atoms with van der Waals surface area (Å²) in [4.78, 5) is 17.0. The molecule has 26 heavy (non-hydrogen) atoms. The summed E-state index contributed by atoms with van der Waals surface area (Å²) in [5.41, 5.74) is 3.04. The molecular formula is C20H13ClN2O2S. The first-order chi connectivity index (χ1) is 12.6. The molecule has 0 unspecified atom stereocenters. The molecule has 6 heteroatoms. The van der Waals surface area contributed by atoms with Gasteiger partial charge in [0.2, 0.25) is 5.88 Å². The smallest absolute Gasteiger partial charge is 0.231 e. The van der Waals surface area contributed by atoms with E-state index in [-0.39, 0.29) is 11.7 Å². The Bertz CT molecular complexity index is 1070. The summed E-state index contributed by atoms with van der Waals surface area (Å²) in [5.74, 6) is -0.228. The number of nitrogens with zero attached hydrogens (tertiary/aromatic N) is 1. The van der Waals surface area contributed by atoms with E-state index in [2.05, 4.69) is 10.3 Å². The lowest BCUT2D eigenvalue weighted by Gasteiger charge is -2.12. The average molecular weight is 381 g/mol. The van der Waals surface area contributed by atoms with Crippen LogP contribution in [0, 0.1) is 0 Å². The molecule has 1 aliphatic rings. The van der Waals surface area contributed by atoms with Gasteiger partial charge >= 0.3 is 0 Å². The average Bonchev–Trinajstić information content (AvgIpc) is 2.99. The van der Waals surface area contributed by atoms with E-state index in [0.29, 0.717) is 26.3 Å². The Kier molecular flexibility index (Phi) is 4.32. The lowest BCUT2D eigenvalue weighted by Crippen LogP contribution is -2.04. The Labute approximate surface area is 159 Å². The number of carbonyl (C=O) groups is 1. The van der Waals surface area contributed by atoms with Crippen molar-refractivity contribution in [3.63, 3.8) is 0 Å². The van der Waals surface area contributed by atoms with Crippen LogP contribution in [-0.2, 0) is 4.79 Å². The topological polar surface area (TPSA) is 62.2 Å². The van der Waals surface area contributed by atoms with Crippen molar-refractivity contribution in [2.45, 2.75) is 0 Å². The van der Waals surface area contributed by atoms with Gasteiger partial charge in [0.15, 0.2) is 10.9 Å². The second-order valence-corrected chi connectivity index (χ2v) is 7.09. The molecule has 1 aromatic heterocycles. The molecule has 0 aliphatic heterocycles. The van der Waals surface area contributed by atoms with Gasteiger partial charge in [0.1, 0.15) is 0 Å². The highest BCUT2D eigenvalue weighted by Crippen LogP contribution is 2.36. The van der Waals surface area contributed by atoms with Crippen molar-refractivity contribution in [2.75, 3.05) is 5.32 Å². The van der Waals surface area contributed by atoms with Crippen molar-refractivity contribution in [1.29, 1.82) is 0 Å². The van der Waals surface area contributed by atoms with E-state index < -0.39 is 0 Å². The molecule has 0 radical (unpaired) electrons. The van der Waals surface area contributed by atoms with Crippen LogP contribution in [0.5, 0.6) is 5.88 Å². The molecule has 3 aromatic rings. The van der Waals surface area contributed by atoms with E-state index in [1.165, 1.54) is 17.4 Å². The lowest BCUT2D eigenvalue weighted by molar-refractivity contribution is -0.109. The number of carbonyl (C=O) groups excluding carboxylic acids is 1. The molecule has 0 saturated heterocycles. The zero-order valence-corrected chi connectivity index (χ0v) is 15.0. The first-order valence-corrected chi connectivity index (χ1v) is 9.06. The maximum atomic E-state index is 12.3. The molecule has 0 atom stereocenters. The third kappa shape index (κ3) is 3.14. The van der Waals surface area contributed by atoms with Crippen LogP contribution in [0.15, 0.2) is 54.6 Å². The summed E-state index contributed by atoms with van der Waals surface area (Å²) >= 11 is 7.39. The number of allylic oxidation sites excluding steroid dienone is 2. The Balaban J connectivity index is 1.70. The summed E-state index contributed by atoms with van der Waals surface area (Å²) in [6, 6.07) is 14.9. The van der Waals surface area contributed by atoms with E-state index in [1.54, 1.807) is 18.2 Å². The molecule has 0 fully saturated rings. The van der Waals surface area contributed by atoms with Crippen LogP contribution in [0.4, 0.5) is 10.8 Å². The minimum atomic E-state index is -0.128. The van der Waals surface area contributed by atoms with Crippen molar-refractivity contribution in [3.8, 4) is 5.88 Å². The van der Waals surface area contributed by atoms with Crippen LogP contribution in [0.3, 0.4) is 0 Å². The third-order valence-corrected chi connectivity index (χ3v) is 5.19. The number of benzene rings is 2. The minimum Gasteiger partial charge on any atom is -0.492 e. The van der Waals surface area contributed by atoms with Gasteiger partial charge in [-0.3, -0.25) is 4.79 Å². The van der Waals surface area contributed by atoms with E-state index >= 15 is 0 Å². The fourth-order valence-corrected chi connectivity index (χ4v) is 3.70. The van der Waals surface area contributed by atoms with E-state index in [1.807, 2.05) is 42.5 Å². The molecule has 0 spiro atoms. The van der Waals surface area contributed by atoms with Crippen molar-refractivity contribution in [1.82, 2.24) is 4.98 Å². The number of fused-ring (bicyclic) bond motifs is 1. The molecule has 0 bridgehead atoms. The van der Waals surface area contributed by atoms with Crippen LogP contribution in [0.2, 0.25) is 5.02 Å². The fourth-order valence-electron chi connectivity index (χ4n) is 2.70. The van der Waals surface area contributed by atoms with Gasteiger partial charge in [-0.25, -0.2) is 0 Å². The van der Waals surface area contributed by atoms with Gasteiger partial charge < -0.3 is 10.4 Å². The summed E-state index contributed by atoms with van der Waals surface area (Å²) in [5, 5.41) is 14.3. The fraction of sp³-hybridized carbons (Fsp3) is 0. The Morgan fingerprint density at radius 1 is 1.08 bits per heavy atom. The molecule has 1 aliphatic carbocycles. The van der Waals surface area contributed by atoms with Crippen molar-refractivity contribution in [2.24, 2.45) is 0 Å². The Morgan fingerprint density at radius 3 is 2.69 bits per heavy atom. The number of para-hydroxylation sites is 1. The van der Waals surface area contributed by atoms with Crippen LogP contribution in [0.1, 0.15) is 16.0 Å². The maximum absolute atomic E-state index is 12.3. The third-order valence-electron chi connectivity index (χ3n) is 3.96. The highest BCUT2D eigenvalue weighted by atomic mass is 35.5. The Hall–Kier alpha value is -2.89. The monoisotopic (exact) mass is 380 g/mol. The van der Waals surface area contributed by atoms with Gasteiger partial charge in [0.05, 0.1) is 15.6 Å². The number of anilines is 2. The SMILES string of the molecule is O=C1C=Cc2ccccc2/C1=C\c1sc(Nc2ccccc2Cl)nc1O. The molecule has 0 amide bonds. The summed E-state index contributed by atoms with van der Waals surface area (Å²) in [7, 11) is 0. The van der Waals surface area contributed by atoms with E-state index in [4.69, 9.17) is 11.6 Å². The van der Waals surface area contributed by atoms with Crippen molar-refractivity contribution >= 4 is 57.3 Å². The van der Waals surface area contributed by atoms with Gasteiger partial charge in [-0.1, -0.05) is 65.4 Å². The molecule has 1 heterocycles. The first kappa shape index (κ1) is 16.6. The predicted molar refractivity (Wildman–Crippen MR) is 107 cm³/mol. The van der Waals surface area contributed by atoms with Gasteiger partial charge in [0, 0.05) is 5.57 Å². The molecule has 2 aromatic carbocycles. The number of halogens is 1. The van der Waals surface area contributed by atoms with Crippen molar-refractivity contribution < 1.29 is 9.90 Å². The zero-order valence-electron chi connectivity index (χ0n) is 13.4. The summed E-state index contributed by atoms with van der Waals surface area (Å²) in [6.07, 6.45) is 5.01. The highest BCUT2D eigenvalue weighted by Gasteiger charge is 2.19. The van der Waals surface area contributed by atoms with Gasteiger partial charge in [-0.2, -0.15) is 4.98 Å². The number of rotatable bonds is 3. The molecule has 4 nitrogen and oxygen atoms in total. The number of ketones is 1. The van der Waals surface area contributed by atoms with Crippen LogP contribution in [-0.4, -0.2) is 15.9 Å². The van der Waals surface area contributed by atoms with Crippen LogP contribution >= 0.6 is 22.9 Å². The molecule has 0 saturated carbocycles.